The molecule has 0 aliphatic carbocycles. The van der Waals surface area contributed by atoms with Gasteiger partial charge in [0.25, 0.3) is 11.6 Å². The third kappa shape index (κ3) is 3.29. The van der Waals surface area contributed by atoms with Crippen molar-refractivity contribution in [2.75, 3.05) is 20.6 Å². The summed E-state index contributed by atoms with van der Waals surface area (Å²) in [5.41, 5.74) is 0.352. The number of nitro benzene ring substituents is 1. The maximum absolute atomic E-state index is 12.1. The van der Waals surface area contributed by atoms with E-state index in [9.17, 15) is 14.9 Å². The Morgan fingerprint density at radius 1 is 1.24 bits per heavy atom. The van der Waals surface area contributed by atoms with Crippen molar-refractivity contribution < 1.29 is 9.72 Å². The molecule has 2 aromatic carbocycles. The molecule has 0 unspecified atom stereocenters. The lowest BCUT2D eigenvalue weighted by molar-refractivity contribution is -0.383. The van der Waals surface area contributed by atoms with Gasteiger partial charge in [0.05, 0.1) is 10.3 Å². The summed E-state index contributed by atoms with van der Waals surface area (Å²) in [5.74, 6) is -0.400. The van der Waals surface area contributed by atoms with Crippen LogP contribution in [-0.4, -0.2) is 42.6 Å². The molecule has 0 heterocycles. The van der Waals surface area contributed by atoms with E-state index < -0.39 is 10.8 Å². The molecular weight excluding hydrogens is 270 g/mol. The summed E-state index contributed by atoms with van der Waals surface area (Å²) < 4.78 is 0. The fraction of sp³-hybridized carbons (Fsp3) is 0.200. The SMILES string of the molecule is CN(C)CC=NC(=O)c1cccc2c([N+](=O)[O-])cccc12. The van der Waals surface area contributed by atoms with Crippen molar-refractivity contribution in [3.63, 3.8) is 0 Å². The molecule has 21 heavy (non-hydrogen) atoms. The molecule has 6 nitrogen and oxygen atoms in total. The van der Waals surface area contributed by atoms with E-state index in [0.717, 1.165) is 0 Å². The Labute approximate surface area is 121 Å². The lowest BCUT2D eigenvalue weighted by Gasteiger charge is -2.05. The number of fused-ring (bicyclic) bond motifs is 1. The van der Waals surface area contributed by atoms with E-state index in [1.807, 2.05) is 19.0 Å². The van der Waals surface area contributed by atoms with Gasteiger partial charge in [-0.3, -0.25) is 14.9 Å². The fourth-order valence-corrected chi connectivity index (χ4v) is 2.00. The highest BCUT2D eigenvalue weighted by Gasteiger charge is 2.15. The summed E-state index contributed by atoms with van der Waals surface area (Å²) in [6, 6.07) is 9.57. The first kappa shape index (κ1) is 14.8. The van der Waals surface area contributed by atoms with Gasteiger partial charge in [0, 0.05) is 29.8 Å². The molecule has 0 N–H and O–H groups in total. The molecule has 0 aliphatic heterocycles. The first-order chi connectivity index (χ1) is 10.0. The molecule has 0 aliphatic rings. The Balaban J connectivity index is 2.46. The highest BCUT2D eigenvalue weighted by molar-refractivity contribution is 6.11. The van der Waals surface area contributed by atoms with Gasteiger partial charge in [0.15, 0.2) is 0 Å². The summed E-state index contributed by atoms with van der Waals surface area (Å²) >= 11 is 0. The van der Waals surface area contributed by atoms with Crippen LogP contribution in [-0.2, 0) is 0 Å². The van der Waals surface area contributed by atoms with Gasteiger partial charge < -0.3 is 4.90 Å². The van der Waals surface area contributed by atoms with E-state index in [4.69, 9.17) is 0 Å². The fourth-order valence-electron chi connectivity index (χ4n) is 2.00. The zero-order valence-corrected chi connectivity index (χ0v) is 11.8. The minimum atomic E-state index is -0.452. The van der Waals surface area contributed by atoms with Crippen molar-refractivity contribution >= 4 is 28.6 Å². The molecule has 0 saturated heterocycles. The van der Waals surface area contributed by atoms with Gasteiger partial charge in [0.2, 0.25) is 0 Å². The third-order valence-electron chi connectivity index (χ3n) is 2.98. The maximum atomic E-state index is 12.1. The van der Waals surface area contributed by atoms with Gasteiger partial charge in [-0.1, -0.05) is 18.2 Å². The Kier molecular flexibility index (Phi) is 4.39. The number of benzene rings is 2. The maximum Gasteiger partial charge on any atom is 0.277 e. The number of rotatable bonds is 4. The molecule has 0 aromatic heterocycles. The van der Waals surface area contributed by atoms with Gasteiger partial charge in [-0.05, 0) is 26.2 Å². The van der Waals surface area contributed by atoms with E-state index in [2.05, 4.69) is 4.99 Å². The number of hydrogen-bond donors (Lipinski definition) is 0. The number of hydrogen-bond acceptors (Lipinski definition) is 4. The standard InChI is InChI=1S/C15H15N3O3/c1-17(2)10-9-16-15(19)13-7-3-6-12-11(13)5-4-8-14(12)18(20)21/h3-9H,10H2,1-2H3. The predicted molar refractivity (Wildman–Crippen MR) is 82.0 cm³/mol. The first-order valence-corrected chi connectivity index (χ1v) is 6.38. The lowest BCUT2D eigenvalue weighted by atomic mass is 10.0. The summed E-state index contributed by atoms with van der Waals surface area (Å²) in [6.07, 6.45) is 1.53. The first-order valence-electron chi connectivity index (χ1n) is 6.38. The smallest absolute Gasteiger partial charge is 0.277 e. The largest absolute Gasteiger partial charge is 0.304 e. The lowest BCUT2D eigenvalue weighted by Crippen LogP contribution is -2.14. The van der Waals surface area contributed by atoms with Crippen molar-refractivity contribution in [3.8, 4) is 0 Å². The van der Waals surface area contributed by atoms with Crippen LogP contribution in [0.3, 0.4) is 0 Å². The molecule has 0 spiro atoms. The summed E-state index contributed by atoms with van der Waals surface area (Å²) in [4.78, 5) is 28.5. The van der Waals surface area contributed by atoms with Crippen LogP contribution in [0.25, 0.3) is 10.8 Å². The monoisotopic (exact) mass is 285 g/mol. The molecule has 108 valence electrons. The molecular formula is C15H15N3O3. The van der Waals surface area contributed by atoms with Crippen molar-refractivity contribution in [2.45, 2.75) is 0 Å². The van der Waals surface area contributed by atoms with Crippen molar-refractivity contribution in [2.24, 2.45) is 4.99 Å². The van der Waals surface area contributed by atoms with Crippen LogP contribution in [0, 0.1) is 10.1 Å². The number of nitro groups is 1. The topological polar surface area (TPSA) is 75.8 Å². The number of carbonyl (C=O) groups excluding carboxylic acids is 1. The molecule has 2 rings (SSSR count). The Hall–Kier alpha value is -2.60. The van der Waals surface area contributed by atoms with Crippen LogP contribution in [0.5, 0.6) is 0 Å². The number of amides is 1. The Bertz CT molecular complexity index is 723. The number of carbonyl (C=O) groups is 1. The van der Waals surface area contributed by atoms with Crippen molar-refractivity contribution in [1.82, 2.24) is 4.90 Å². The Morgan fingerprint density at radius 3 is 2.57 bits per heavy atom. The van der Waals surface area contributed by atoms with Gasteiger partial charge in [-0.15, -0.1) is 0 Å². The Morgan fingerprint density at radius 2 is 1.90 bits per heavy atom. The zero-order valence-electron chi connectivity index (χ0n) is 11.8. The van der Waals surface area contributed by atoms with Crippen LogP contribution in [0.2, 0.25) is 0 Å². The van der Waals surface area contributed by atoms with Gasteiger partial charge >= 0.3 is 0 Å². The molecule has 0 fully saturated rings. The van der Waals surface area contributed by atoms with E-state index in [1.165, 1.54) is 12.3 Å². The second-order valence-electron chi connectivity index (χ2n) is 4.81. The highest BCUT2D eigenvalue weighted by Crippen LogP contribution is 2.28. The van der Waals surface area contributed by atoms with Crippen LogP contribution < -0.4 is 0 Å². The average Bonchev–Trinajstić information content (AvgIpc) is 2.45. The van der Waals surface area contributed by atoms with E-state index in [1.54, 1.807) is 30.3 Å². The molecule has 6 heteroatoms. The molecule has 0 saturated carbocycles. The third-order valence-corrected chi connectivity index (χ3v) is 2.98. The van der Waals surface area contributed by atoms with Gasteiger partial charge in [-0.25, -0.2) is 4.99 Å². The van der Waals surface area contributed by atoms with Crippen LogP contribution in [0.15, 0.2) is 41.4 Å². The number of non-ortho nitro benzene ring substituents is 1. The summed E-state index contributed by atoms with van der Waals surface area (Å²) in [6.45, 7) is 0.552. The average molecular weight is 285 g/mol. The molecule has 0 bridgehead atoms. The number of aliphatic imine (C=N–C) groups is 1. The second-order valence-corrected chi connectivity index (χ2v) is 4.81. The molecule has 0 radical (unpaired) electrons. The minimum absolute atomic E-state index is 0.0144. The van der Waals surface area contributed by atoms with Crippen LogP contribution in [0.4, 0.5) is 5.69 Å². The van der Waals surface area contributed by atoms with E-state index in [-0.39, 0.29) is 5.69 Å². The summed E-state index contributed by atoms with van der Waals surface area (Å²) in [5, 5.41) is 12.0. The van der Waals surface area contributed by atoms with Gasteiger partial charge in [0.1, 0.15) is 0 Å². The predicted octanol–water partition coefficient (Wildman–Crippen LogP) is 2.52. The summed E-state index contributed by atoms with van der Waals surface area (Å²) in [7, 11) is 3.75. The molecule has 1 amide bonds. The normalized spacial score (nSPS) is 11.4. The quantitative estimate of drug-likeness (QED) is 0.491. The zero-order chi connectivity index (χ0) is 15.4. The molecule has 2 aromatic rings. The van der Waals surface area contributed by atoms with Crippen molar-refractivity contribution in [1.29, 1.82) is 0 Å². The molecule has 0 atom stereocenters. The van der Waals surface area contributed by atoms with Crippen LogP contribution in [0.1, 0.15) is 10.4 Å². The van der Waals surface area contributed by atoms with E-state index >= 15 is 0 Å². The van der Waals surface area contributed by atoms with Crippen molar-refractivity contribution in [3.05, 3.63) is 52.1 Å². The van der Waals surface area contributed by atoms with Crippen LogP contribution >= 0.6 is 0 Å². The highest BCUT2D eigenvalue weighted by atomic mass is 16.6. The second kappa shape index (κ2) is 6.23. The van der Waals surface area contributed by atoms with Gasteiger partial charge in [-0.2, -0.15) is 0 Å². The number of nitrogens with zero attached hydrogens (tertiary/aromatic N) is 3. The minimum Gasteiger partial charge on any atom is -0.304 e. The van der Waals surface area contributed by atoms with E-state index in [0.29, 0.717) is 22.9 Å².